The van der Waals surface area contributed by atoms with Crippen LogP contribution in [0.5, 0.6) is 0 Å². The number of hydrogen-bond donors (Lipinski definition) is 2. The molecule has 1 aromatic rings. The molecule has 1 aromatic carbocycles. The third-order valence-corrected chi connectivity index (χ3v) is 3.87. The first-order chi connectivity index (χ1) is 10.9. The second-order valence-corrected chi connectivity index (χ2v) is 6.36. The second kappa shape index (κ2) is 7.94. The van der Waals surface area contributed by atoms with Crippen molar-refractivity contribution >= 4 is 17.6 Å². The molecule has 1 saturated heterocycles. The summed E-state index contributed by atoms with van der Waals surface area (Å²) in [7, 11) is 0. The lowest BCUT2D eigenvalue weighted by atomic mass is 10.0. The molecule has 3 amide bonds. The SMILES string of the molecule is CC(C)CC(=O)N1CCC(NC(=O)Nc2ccc(F)cc2)CC1. The van der Waals surface area contributed by atoms with E-state index in [0.29, 0.717) is 31.1 Å². The van der Waals surface area contributed by atoms with Gasteiger partial charge in [-0.15, -0.1) is 0 Å². The molecule has 0 bridgehead atoms. The highest BCUT2D eigenvalue weighted by molar-refractivity contribution is 5.89. The Balaban J connectivity index is 1.74. The van der Waals surface area contributed by atoms with Gasteiger partial charge in [-0.3, -0.25) is 4.79 Å². The van der Waals surface area contributed by atoms with Gasteiger partial charge in [-0.2, -0.15) is 0 Å². The Kier molecular flexibility index (Phi) is 5.96. The first-order valence-electron chi connectivity index (χ1n) is 8.05. The predicted octanol–water partition coefficient (Wildman–Crippen LogP) is 2.98. The number of carbonyl (C=O) groups excluding carboxylic acids is 2. The van der Waals surface area contributed by atoms with Gasteiger partial charge in [0.1, 0.15) is 5.82 Å². The third-order valence-electron chi connectivity index (χ3n) is 3.87. The van der Waals surface area contributed by atoms with E-state index in [1.165, 1.54) is 24.3 Å². The van der Waals surface area contributed by atoms with E-state index >= 15 is 0 Å². The number of hydrogen-bond acceptors (Lipinski definition) is 2. The van der Waals surface area contributed by atoms with Crippen LogP contribution in [0, 0.1) is 11.7 Å². The molecule has 5 nitrogen and oxygen atoms in total. The molecular formula is C17H24FN3O2. The Bertz CT molecular complexity index is 537. The summed E-state index contributed by atoms with van der Waals surface area (Å²) in [6.07, 6.45) is 2.07. The van der Waals surface area contributed by atoms with Crippen LogP contribution in [-0.4, -0.2) is 36.0 Å². The Morgan fingerprint density at radius 2 is 1.83 bits per heavy atom. The van der Waals surface area contributed by atoms with Gasteiger partial charge in [-0.1, -0.05) is 13.8 Å². The van der Waals surface area contributed by atoms with Crippen LogP contribution in [0.25, 0.3) is 0 Å². The van der Waals surface area contributed by atoms with Crippen LogP contribution in [0.4, 0.5) is 14.9 Å². The van der Waals surface area contributed by atoms with Crippen molar-refractivity contribution in [3.05, 3.63) is 30.1 Å². The Labute approximate surface area is 136 Å². The molecule has 1 fully saturated rings. The molecule has 0 aliphatic carbocycles. The number of piperidine rings is 1. The molecule has 1 heterocycles. The quantitative estimate of drug-likeness (QED) is 0.895. The number of nitrogens with zero attached hydrogens (tertiary/aromatic N) is 1. The monoisotopic (exact) mass is 321 g/mol. The fourth-order valence-corrected chi connectivity index (χ4v) is 2.64. The van der Waals surface area contributed by atoms with E-state index in [9.17, 15) is 14.0 Å². The number of benzene rings is 1. The molecule has 0 saturated carbocycles. The molecule has 2 rings (SSSR count). The number of likely N-dealkylation sites (tertiary alicyclic amines) is 1. The summed E-state index contributed by atoms with van der Waals surface area (Å²) in [6.45, 7) is 5.41. The van der Waals surface area contributed by atoms with Gasteiger partial charge in [0.05, 0.1) is 0 Å². The summed E-state index contributed by atoms with van der Waals surface area (Å²) in [5.74, 6) is 0.212. The lowest BCUT2D eigenvalue weighted by molar-refractivity contribution is -0.133. The number of urea groups is 1. The maximum Gasteiger partial charge on any atom is 0.319 e. The number of nitrogens with one attached hydrogen (secondary N) is 2. The zero-order valence-corrected chi connectivity index (χ0v) is 13.6. The van der Waals surface area contributed by atoms with Crippen molar-refractivity contribution < 1.29 is 14.0 Å². The Morgan fingerprint density at radius 1 is 1.22 bits per heavy atom. The van der Waals surface area contributed by atoms with Crippen LogP contribution in [-0.2, 0) is 4.79 Å². The zero-order chi connectivity index (χ0) is 16.8. The van der Waals surface area contributed by atoms with Crippen LogP contribution < -0.4 is 10.6 Å². The number of halogens is 1. The average molecular weight is 321 g/mol. The topological polar surface area (TPSA) is 61.4 Å². The standard InChI is InChI=1S/C17H24FN3O2/c1-12(2)11-16(22)21-9-7-15(8-10-21)20-17(23)19-14-5-3-13(18)4-6-14/h3-6,12,15H,7-11H2,1-2H3,(H2,19,20,23). The van der Waals surface area contributed by atoms with E-state index < -0.39 is 0 Å². The molecule has 0 spiro atoms. The van der Waals surface area contributed by atoms with Crippen LogP contribution in [0.3, 0.4) is 0 Å². The van der Waals surface area contributed by atoms with Crippen molar-refractivity contribution in [2.45, 2.75) is 39.2 Å². The molecule has 23 heavy (non-hydrogen) atoms. The van der Waals surface area contributed by atoms with E-state index in [2.05, 4.69) is 10.6 Å². The van der Waals surface area contributed by atoms with Crippen molar-refractivity contribution in [1.82, 2.24) is 10.2 Å². The summed E-state index contributed by atoms with van der Waals surface area (Å²) >= 11 is 0. The first-order valence-corrected chi connectivity index (χ1v) is 8.05. The molecule has 1 aliphatic rings. The van der Waals surface area contributed by atoms with Gasteiger partial charge in [0.25, 0.3) is 0 Å². The molecule has 2 N–H and O–H groups in total. The van der Waals surface area contributed by atoms with Gasteiger partial charge in [-0.05, 0) is 43.0 Å². The molecule has 6 heteroatoms. The van der Waals surface area contributed by atoms with Gasteiger partial charge in [0.2, 0.25) is 5.91 Å². The summed E-state index contributed by atoms with van der Waals surface area (Å²) < 4.78 is 12.8. The molecular weight excluding hydrogens is 297 g/mol. The molecule has 1 aliphatic heterocycles. The van der Waals surface area contributed by atoms with E-state index in [0.717, 1.165) is 12.8 Å². The van der Waals surface area contributed by atoms with Crippen LogP contribution in [0.2, 0.25) is 0 Å². The van der Waals surface area contributed by atoms with Crippen molar-refractivity contribution in [2.24, 2.45) is 5.92 Å². The minimum Gasteiger partial charge on any atom is -0.343 e. The highest BCUT2D eigenvalue weighted by Crippen LogP contribution is 2.14. The van der Waals surface area contributed by atoms with Gasteiger partial charge >= 0.3 is 6.03 Å². The zero-order valence-electron chi connectivity index (χ0n) is 13.6. The molecule has 0 unspecified atom stereocenters. The second-order valence-electron chi connectivity index (χ2n) is 6.36. The Hall–Kier alpha value is -2.11. The summed E-state index contributed by atoms with van der Waals surface area (Å²) in [4.78, 5) is 25.8. The molecule has 0 radical (unpaired) electrons. The predicted molar refractivity (Wildman–Crippen MR) is 87.6 cm³/mol. The third kappa shape index (κ3) is 5.54. The molecule has 0 atom stereocenters. The largest absolute Gasteiger partial charge is 0.343 e. The number of anilines is 1. The smallest absolute Gasteiger partial charge is 0.319 e. The van der Waals surface area contributed by atoms with Crippen LogP contribution in [0.1, 0.15) is 33.1 Å². The average Bonchev–Trinajstić information content (AvgIpc) is 2.49. The van der Waals surface area contributed by atoms with E-state index in [-0.39, 0.29) is 23.8 Å². The van der Waals surface area contributed by atoms with E-state index in [1.807, 2.05) is 18.7 Å². The molecule has 126 valence electrons. The fraction of sp³-hybridized carbons (Fsp3) is 0.529. The van der Waals surface area contributed by atoms with Gasteiger partial charge in [0, 0.05) is 31.2 Å². The lowest BCUT2D eigenvalue weighted by Gasteiger charge is -2.32. The van der Waals surface area contributed by atoms with Gasteiger partial charge in [-0.25, -0.2) is 9.18 Å². The summed E-state index contributed by atoms with van der Waals surface area (Å²) in [6, 6.07) is 5.38. The lowest BCUT2D eigenvalue weighted by Crippen LogP contribution is -2.47. The normalized spacial score (nSPS) is 15.6. The summed E-state index contributed by atoms with van der Waals surface area (Å²) in [5, 5.41) is 5.58. The molecule has 0 aromatic heterocycles. The number of carbonyl (C=O) groups is 2. The van der Waals surface area contributed by atoms with Crippen molar-refractivity contribution in [3.63, 3.8) is 0 Å². The van der Waals surface area contributed by atoms with Crippen LogP contribution >= 0.6 is 0 Å². The maximum atomic E-state index is 12.8. The van der Waals surface area contributed by atoms with E-state index in [4.69, 9.17) is 0 Å². The fourth-order valence-electron chi connectivity index (χ4n) is 2.64. The minimum absolute atomic E-state index is 0.0542. The minimum atomic E-state index is -0.339. The highest BCUT2D eigenvalue weighted by atomic mass is 19.1. The van der Waals surface area contributed by atoms with Gasteiger partial charge in [0.15, 0.2) is 0 Å². The Morgan fingerprint density at radius 3 is 2.39 bits per heavy atom. The van der Waals surface area contributed by atoms with Gasteiger partial charge < -0.3 is 15.5 Å². The van der Waals surface area contributed by atoms with E-state index in [1.54, 1.807) is 0 Å². The van der Waals surface area contributed by atoms with Crippen molar-refractivity contribution in [3.8, 4) is 0 Å². The van der Waals surface area contributed by atoms with Crippen LogP contribution in [0.15, 0.2) is 24.3 Å². The first kappa shape index (κ1) is 17.2. The van der Waals surface area contributed by atoms with Crippen molar-refractivity contribution in [2.75, 3.05) is 18.4 Å². The number of amides is 3. The highest BCUT2D eigenvalue weighted by Gasteiger charge is 2.24. The summed E-state index contributed by atoms with van der Waals surface area (Å²) in [5.41, 5.74) is 0.549. The number of rotatable bonds is 4. The maximum absolute atomic E-state index is 12.8. The van der Waals surface area contributed by atoms with Crippen molar-refractivity contribution in [1.29, 1.82) is 0 Å².